The van der Waals surface area contributed by atoms with Gasteiger partial charge in [-0.3, -0.25) is 4.99 Å². The van der Waals surface area contributed by atoms with Crippen LogP contribution in [0.5, 0.6) is 0 Å². The molecule has 0 radical (unpaired) electrons. The first-order chi connectivity index (χ1) is 9.61. The maximum atomic E-state index is 13.1. The number of rotatable bonds is 4. The van der Waals surface area contributed by atoms with E-state index in [9.17, 15) is 4.39 Å². The van der Waals surface area contributed by atoms with E-state index < -0.39 is 0 Å². The van der Waals surface area contributed by atoms with E-state index >= 15 is 0 Å². The van der Waals surface area contributed by atoms with Gasteiger partial charge in [0.05, 0.1) is 0 Å². The normalized spacial score (nSPS) is 11.9. The summed E-state index contributed by atoms with van der Waals surface area (Å²) >= 11 is 0. The van der Waals surface area contributed by atoms with Gasteiger partial charge in [-0.1, -0.05) is 0 Å². The maximum absolute atomic E-state index is 13.1. The van der Waals surface area contributed by atoms with Gasteiger partial charge in [-0.05, 0) is 37.1 Å². The highest BCUT2D eigenvalue weighted by molar-refractivity contribution is 5.83. The summed E-state index contributed by atoms with van der Waals surface area (Å²) in [6.07, 6.45) is 2.76. The number of guanidine groups is 1. The first-order valence-corrected chi connectivity index (χ1v) is 6.83. The third kappa shape index (κ3) is 3.29. The van der Waals surface area contributed by atoms with Gasteiger partial charge in [0.15, 0.2) is 5.96 Å². The maximum Gasteiger partial charge on any atom is 0.193 e. The van der Waals surface area contributed by atoms with Crippen LogP contribution < -0.4 is 5.32 Å². The lowest BCUT2D eigenvalue weighted by Gasteiger charge is -2.16. The molecule has 2 aromatic rings. The van der Waals surface area contributed by atoms with E-state index in [2.05, 4.69) is 15.3 Å². The van der Waals surface area contributed by atoms with Gasteiger partial charge in [0.1, 0.15) is 5.82 Å². The van der Waals surface area contributed by atoms with Crippen LogP contribution in [0.25, 0.3) is 10.9 Å². The van der Waals surface area contributed by atoms with Crippen molar-refractivity contribution < 1.29 is 4.39 Å². The summed E-state index contributed by atoms with van der Waals surface area (Å²) in [7, 11) is 3.94. The Morgan fingerprint density at radius 1 is 1.40 bits per heavy atom. The standard InChI is InChI=1S/C15H21FN4/c1-4-17-15(20(2)3)18-8-7-11-10-19-14-9-12(16)5-6-13(11)14/h5-6,9-10,19H,4,7-8H2,1-3H3,(H,17,18). The van der Waals surface area contributed by atoms with E-state index in [4.69, 9.17) is 0 Å². The molecule has 0 aliphatic rings. The van der Waals surface area contributed by atoms with Crippen molar-refractivity contribution in [2.24, 2.45) is 4.99 Å². The Labute approximate surface area is 118 Å². The van der Waals surface area contributed by atoms with Crippen molar-refractivity contribution in [1.29, 1.82) is 0 Å². The Bertz CT molecular complexity index is 601. The second kappa shape index (κ2) is 6.41. The van der Waals surface area contributed by atoms with Gasteiger partial charge in [0.25, 0.3) is 0 Å². The van der Waals surface area contributed by atoms with Crippen molar-refractivity contribution in [2.45, 2.75) is 13.3 Å². The third-order valence-electron chi connectivity index (χ3n) is 3.13. The van der Waals surface area contributed by atoms with Gasteiger partial charge in [0.2, 0.25) is 0 Å². The molecule has 1 aromatic heterocycles. The molecule has 0 aliphatic carbocycles. The van der Waals surface area contributed by atoms with E-state index in [-0.39, 0.29) is 5.82 Å². The third-order valence-corrected chi connectivity index (χ3v) is 3.13. The number of nitrogens with one attached hydrogen (secondary N) is 2. The molecule has 0 unspecified atom stereocenters. The Balaban J connectivity index is 2.07. The van der Waals surface area contributed by atoms with Crippen LogP contribution in [0.2, 0.25) is 0 Å². The lowest BCUT2D eigenvalue weighted by Crippen LogP contribution is -2.36. The molecule has 0 amide bonds. The highest BCUT2D eigenvalue weighted by Gasteiger charge is 2.05. The van der Waals surface area contributed by atoms with Crippen molar-refractivity contribution in [3.8, 4) is 0 Å². The molecule has 0 fully saturated rings. The minimum atomic E-state index is -0.217. The molecule has 0 saturated carbocycles. The van der Waals surface area contributed by atoms with Gasteiger partial charge in [0, 0.05) is 44.3 Å². The summed E-state index contributed by atoms with van der Waals surface area (Å²) in [5, 5.41) is 4.29. The summed E-state index contributed by atoms with van der Waals surface area (Å²) in [4.78, 5) is 9.62. The number of H-pyrrole nitrogens is 1. The van der Waals surface area contributed by atoms with Gasteiger partial charge < -0.3 is 15.2 Å². The molecule has 0 aliphatic heterocycles. The van der Waals surface area contributed by atoms with Crippen LogP contribution in [0.1, 0.15) is 12.5 Å². The number of aromatic nitrogens is 1. The van der Waals surface area contributed by atoms with Crippen molar-refractivity contribution in [3.63, 3.8) is 0 Å². The molecule has 1 aromatic carbocycles. The molecule has 108 valence electrons. The average molecular weight is 276 g/mol. The summed E-state index contributed by atoms with van der Waals surface area (Å²) in [6.45, 7) is 3.60. The predicted octanol–water partition coefficient (Wildman–Crippen LogP) is 2.38. The molecular weight excluding hydrogens is 255 g/mol. The minimum absolute atomic E-state index is 0.217. The zero-order valence-electron chi connectivity index (χ0n) is 12.2. The lowest BCUT2D eigenvalue weighted by molar-refractivity contribution is 0.583. The number of benzene rings is 1. The van der Waals surface area contributed by atoms with E-state index in [1.165, 1.54) is 17.7 Å². The van der Waals surface area contributed by atoms with Gasteiger partial charge >= 0.3 is 0 Å². The molecule has 0 saturated heterocycles. The molecule has 0 spiro atoms. The SMILES string of the molecule is CCNC(=NCCc1c[nH]c2cc(F)ccc12)N(C)C. The fraction of sp³-hybridized carbons (Fsp3) is 0.400. The Hall–Kier alpha value is -2.04. The second-order valence-electron chi connectivity index (χ2n) is 4.88. The zero-order valence-corrected chi connectivity index (χ0v) is 12.2. The van der Waals surface area contributed by atoms with Crippen LogP contribution in [0, 0.1) is 5.82 Å². The fourth-order valence-corrected chi connectivity index (χ4v) is 2.16. The molecular formula is C15H21FN4. The first-order valence-electron chi connectivity index (χ1n) is 6.83. The predicted molar refractivity (Wildman–Crippen MR) is 81.6 cm³/mol. The van der Waals surface area contributed by atoms with Crippen LogP contribution in [0.4, 0.5) is 4.39 Å². The van der Waals surface area contributed by atoms with Gasteiger partial charge in [-0.25, -0.2) is 4.39 Å². The minimum Gasteiger partial charge on any atom is -0.361 e. The Kier molecular flexibility index (Phi) is 4.61. The van der Waals surface area contributed by atoms with Crippen molar-refractivity contribution >= 4 is 16.9 Å². The average Bonchev–Trinajstić information content (AvgIpc) is 2.80. The number of aromatic amines is 1. The highest BCUT2D eigenvalue weighted by Crippen LogP contribution is 2.19. The zero-order chi connectivity index (χ0) is 14.5. The van der Waals surface area contributed by atoms with E-state index in [1.54, 1.807) is 0 Å². The van der Waals surface area contributed by atoms with E-state index in [1.807, 2.05) is 38.2 Å². The van der Waals surface area contributed by atoms with Crippen LogP contribution in [0.15, 0.2) is 29.4 Å². The van der Waals surface area contributed by atoms with Gasteiger partial charge in [-0.2, -0.15) is 0 Å². The summed E-state index contributed by atoms with van der Waals surface area (Å²) in [6, 6.07) is 4.83. The number of fused-ring (bicyclic) bond motifs is 1. The fourth-order valence-electron chi connectivity index (χ4n) is 2.16. The molecule has 1 heterocycles. The number of hydrogen-bond donors (Lipinski definition) is 2. The monoisotopic (exact) mass is 276 g/mol. The molecule has 2 N–H and O–H groups in total. The van der Waals surface area contributed by atoms with Crippen LogP contribution in [-0.2, 0) is 6.42 Å². The smallest absolute Gasteiger partial charge is 0.193 e. The number of halogens is 1. The molecule has 0 bridgehead atoms. The van der Waals surface area contributed by atoms with Crippen molar-refractivity contribution in [1.82, 2.24) is 15.2 Å². The number of hydrogen-bond acceptors (Lipinski definition) is 1. The highest BCUT2D eigenvalue weighted by atomic mass is 19.1. The summed E-state index contributed by atoms with van der Waals surface area (Å²) in [5.74, 6) is 0.671. The Morgan fingerprint density at radius 2 is 2.20 bits per heavy atom. The van der Waals surface area contributed by atoms with Crippen molar-refractivity contribution in [3.05, 3.63) is 35.8 Å². The van der Waals surface area contributed by atoms with Crippen LogP contribution >= 0.6 is 0 Å². The van der Waals surface area contributed by atoms with Crippen molar-refractivity contribution in [2.75, 3.05) is 27.2 Å². The second-order valence-corrected chi connectivity index (χ2v) is 4.88. The molecule has 2 rings (SSSR count). The molecule has 20 heavy (non-hydrogen) atoms. The number of aliphatic imine (C=N–C) groups is 1. The molecule has 4 nitrogen and oxygen atoms in total. The van der Waals surface area contributed by atoms with Gasteiger partial charge in [-0.15, -0.1) is 0 Å². The lowest BCUT2D eigenvalue weighted by atomic mass is 10.1. The summed E-state index contributed by atoms with van der Waals surface area (Å²) < 4.78 is 13.1. The topological polar surface area (TPSA) is 43.4 Å². The largest absolute Gasteiger partial charge is 0.361 e. The van der Waals surface area contributed by atoms with E-state index in [0.717, 1.165) is 29.8 Å². The van der Waals surface area contributed by atoms with Crippen LogP contribution in [0.3, 0.4) is 0 Å². The van der Waals surface area contributed by atoms with Crippen LogP contribution in [-0.4, -0.2) is 43.0 Å². The van der Waals surface area contributed by atoms with E-state index in [0.29, 0.717) is 6.54 Å². The molecule has 0 atom stereocenters. The molecule has 5 heteroatoms. The first kappa shape index (κ1) is 14.4. The number of nitrogens with zero attached hydrogens (tertiary/aromatic N) is 2. The quantitative estimate of drug-likeness (QED) is 0.665. The Morgan fingerprint density at radius 3 is 2.90 bits per heavy atom. The summed E-state index contributed by atoms with van der Waals surface area (Å²) in [5.41, 5.74) is 2.00.